The molecule has 0 aromatic heterocycles. The molecule has 0 aliphatic carbocycles. The van der Waals surface area contributed by atoms with E-state index in [4.69, 9.17) is 0 Å². The molecule has 2 bridgehead atoms. The molecule has 2 saturated heterocycles. The van der Waals surface area contributed by atoms with Crippen LogP contribution in [0, 0.1) is 0 Å². The van der Waals surface area contributed by atoms with Crippen LogP contribution in [0.2, 0.25) is 0 Å². The molecule has 52 valence electrons. The van der Waals surface area contributed by atoms with Crippen molar-refractivity contribution < 1.29 is 8.42 Å². The topological polar surface area (TPSA) is 46.2 Å². The summed E-state index contributed by atoms with van der Waals surface area (Å²) in [6.45, 7) is 0.688. The van der Waals surface area contributed by atoms with Crippen LogP contribution in [0.1, 0.15) is 6.42 Å². The summed E-state index contributed by atoms with van der Waals surface area (Å²) in [4.78, 5) is 0. The first-order valence-corrected chi connectivity index (χ1v) is 4.85. The molecule has 0 aromatic carbocycles. The molecule has 3 nitrogen and oxygen atoms in total. The van der Waals surface area contributed by atoms with E-state index in [2.05, 4.69) is 5.32 Å². The van der Waals surface area contributed by atoms with Crippen LogP contribution in [0.25, 0.3) is 0 Å². The molecule has 2 aliphatic heterocycles. The first-order chi connectivity index (χ1) is 4.18. The molecular formula is C5H9NO2S. The largest absolute Gasteiger partial charge is 0.312 e. The van der Waals surface area contributed by atoms with Crippen molar-refractivity contribution in [2.24, 2.45) is 0 Å². The molecule has 2 aliphatic rings. The fraction of sp³-hybridized carbons (Fsp3) is 1.00. The van der Waals surface area contributed by atoms with Gasteiger partial charge < -0.3 is 5.32 Å². The summed E-state index contributed by atoms with van der Waals surface area (Å²) < 4.78 is 22.0. The van der Waals surface area contributed by atoms with Crippen LogP contribution in [-0.4, -0.2) is 32.0 Å². The van der Waals surface area contributed by atoms with E-state index in [0.717, 1.165) is 6.42 Å². The average Bonchev–Trinajstić information content (AvgIpc) is 2.19. The van der Waals surface area contributed by atoms with Gasteiger partial charge in [0.2, 0.25) is 0 Å². The molecule has 0 aromatic rings. The van der Waals surface area contributed by atoms with Gasteiger partial charge in [-0.2, -0.15) is 0 Å². The number of hydrogen-bond acceptors (Lipinski definition) is 3. The van der Waals surface area contributed by atoms with Crippen LogP contribution in [-0.2, 0) is 9.84 Å². The summed E-state index contributed by atoms with van der Waals surface area (Å²) in [5.41, 5.74) is 0. The van der Waals surface area contributed by atoms with E-state index in [0.29, 0.717) is 12.3 Å². The standard InChI is InChI=1S/C5H9NO2S/c7-9(8)3-4-1-5(9)2-6-4/h4-6H,1-3H2/t4-,5+/m0/s1. The Bertz CT molecular complexity index is 221. The Labute approximate surface area is 54.4 Å². The minimum atomic E-state index is -2.65. The van der Waals surface area contributed by atoms with Crippen molar-refractivity contribution in [1.29, 1.82) is 0 Å². The van der Waals surface area contributed by atoms with Gasteiger partial charge in [-0.1, -0.05) is 0 Å². The first kappa shape index (κ1) is 5.68. The van der Waals surface area contributed by atoms with E-state index in [1.807, 2.05) is 0 Å². The Morgan fingerprint density at radius 3 is 2.44 bits per heavy atom. The summed E-state index contributed by atoms with van der Waals surface area (Å²) in [5.74, 6) is 0.373. The van der Waals surface area contributed by atoms with Crippen molar-refractivity contribution in [2.45, 2.75) is 17.7 Å². The Hall–Kier alpha value is -0.0900. The highest BCUT2D eigenvalue weighted by Crippen LogP contribution is 2.25. The van der Waals surface area contributed by atoms with Crippen molar-refractivity contribution in [1.82, 2.24) is 5.32 Å². The lowest BCUT2D eigenvalue weighted by atomic mass is 10.3. The molecule has 2 fully saturated rings. The number of rotatable bonds is 0. The highest BCUT2D eigenvalue weighted by Gasteiger charge is 2.43. The first-order valence-electron chi connectivity index (χ1n) is 3.13. The van der Waals surface area contributed by atoms with Gasteiger partial charge in [-0.05, 0) is 6.42 Å². The number of hydrogen-bond donors (Lipinski definition) is 1. The quantitative estimate of drug-likeness (QED) is 0.485. The highest BCUT2D eigenvalue weighted by atomic mass is 32.2. The predicted octanol–water partition coefficient (Wildman–Crippen LogP) is -0.855. The van der Waals surface area contributed by atoms with Crippen LogP contribution in [0.3, 0.4) is 0 Å². The van der Waals surface area contributed by atoms with Gasteiger partial charge in [0.05, 0.1) is 11.0 Å². The molecule has 0 amide bonds. The maximum atomic E-state index is 11.0. The second-order valence-corrected chi connectivity index (χ2v) is 5.12. The third-order valence-corrected chi connectivity index (χ3v) is 4.36. The Morgan fingerprint density at radius 1 is 1.44 bits per heavy atom. The van der Waals surface area contributed by atoms with Gasteiger partial charge >= 0.3 is 0 Å². The SMILES string of the molecule is O=S1(=O)C[C@@H]2C[C@@H]1CN2. The third kappa shape index (κ3) is 0.697. The van der Waals surface area contributed by atoms with E-state index in [9.17, 15) is 8.42 Å². The minimum Gasteiger partial charge on any atom is -0.312 e. The van der Waals surface area contributed by atoms with Gasteiger partial charge in [0.1, 0.15) is 0 Å². The second-order valence-electron chi connectivity index (χ2n) is 2.79. The smallest absolute Gasteiger partial charge is 0.155 e. The van der Waals surface area contributed by atoms with Crippen LogP contribution in [0.4, 0.5) is 0 Å². The monoisotopic (exact) mass is 147 g/mol. The van der Waals surface area contributed by atoms with Gasteiger partial charge in [-0.25, -0.2) is 8.42 Å². The number of sulfone groups is 1. The van der Waals surface area contributed by atoms with Crippen LogP contribution in [0.15, 0.2) is 0 Å². The summed E-state index contributed by atoms with van der Waals surface area (Å²) in [5, 5.41) is 3.08. The fourth-order valence-corrected chi connectivity index (χ4v) is 3.56. The lowest BCUT2D eigenvalue weighted by molar-refractivity contribution is 0.576. The summed E-state index contributed by atoms with van der Waals surface area (Å²) in [6, 6.07) is 0.278. The van der Waals surface area contributed by atoms with Gasteiger partial charge in [0.15, 0.2) is 9.84 Å². The average molecular weight is 147 g/mol. The fourth-order valence-electron chi connectivity index (χ4n) is 1.60. The maximum Gasteiger partial charge on any atom is 0.155 e. The van der Waals surface area contributed by atoms with E-state index in [-0.39, 0.29) is 11.3 Å². The van der Waals surface area contributed by atoms with Gasteiger partial charge in [-0.15, -0.1) is 0 Å². The molecule has 2 heterocycles. The van der Waals surface area contributed by atoms with E-state index >= 15 is 0 Å². The van der Waals surface area contributed by atoms with Crippen molar-refractivity contribution >= 4 is 9.84 Å². The van der Waals surface area contributed by atoms with Crippen LogP contribution < -0.4 is 5.32 Å². The molecule has 4 heteroatoms. The normalized spacial score (nSPS) is 45.8. The van der Waals surface area contributed by atoms with Crippen LogP contribution >= 0.6 is 0 Å². The summed E-state index contributed by atoms with van der Waals surface area (Å²) in [7, 11) is -2.65. The van der Waals surface area contributed by atoms with Crippen molar-refractivity contribution in [3.8, 4) is 0 Å². The molecule has 2 rings (SSSR count). The van der Waals surface area contributed by atoms with Crippen molar-refractivity contribution in [2.75, 3.05) is 12.3 Å². The van der Waals surface area contributed by atoms with Crippen LogP contribution in [0.5, 0.6) is 0 Å². The van der Waals surface area contributed by atoms with E-state index in [1.54, 1.807) is 0 Å². The Kier molecular flexibility index (Phi) is 0.941. The lowest BCUT2D eigenvalue weighted by Crippen LogP contribution is -2.35. The summed E-state index contributed by atoms with van der Waals surface area (Å²) in [6.07, 6.45) is 0.850. The minimum absolute atomic E-state index is 0.0532. The van der Waals surface area contributed by atoms with Gasteiger partial charge in [0, 0.05) is 12.6 Å². The Balaban J connectivity index is 2.39. The molecule has 0 saturated carbocycles. The highest BCUT2D eigenvalue weighted by molar-refractivity contribution is 7.92. The molecule has 0 spiro atoms. The van der Waals surface area contributed by atoms with Gasteiger partial charge in [0.25, 0.3) is 0 Å². The Morgan fingerprint density at radius 2 is 2.22 bits per heavy atom. The third-order valence-electron chi connectivity index (χ3n) is 2.12. The second kappa shape index (κ2) is 1.49. The predicted molar refractivity (Wildman–Crippen MR) is 34.0 cm³/mol. The zero-order chi connectivity index (χ0) is 6.48. The van der Waals surface area contributed by atoms with Crippen molar-refractivity contribution in [3.63, 3.8) is 0 Å². The van der Waals surface area contributed by atoms with Gasteiger partial charge in [-0.3, -0.25) is 0 Å². The molecule has 1 N–H and O–H groups in total. The van der Waals surface area contributed by atoms with E-state index < -0.39 is 9.84 Å². The molecular weight excluding hydrogens is 138 g/mol. The maximum absolute atomic E-state index is 11.0. The summed E-state index contributed by atoms with van der Waals surface area (Å²) >= 11 is 0. The molecule has 0 unspecified atom stereocenters. The van der Waals surface area contributed by atoms with Crippen molar-refractivity contribution in [3.05, 3.63) is 0 Å². The molecule has 9 heavy (non-hydrogen) atoms. The zero-order valence-corrected chi connectivity index (χ0v) is 5.82. The zero-order valence-electron chi connectivity index (χ0n) is 5.00. The number of fused-ring (bicyclic) bond motifs is 2. The molecule has 0 radical (unpaired) electrons. The number of nitrogens with one attached hydrogen (secondary N) is 1. The molecule has 2 atom stereocenters. The van der Waals surface area contributed by atoms with E-state index in [1.165, 1.54) is 0 Å². The lowest BCUT2D eigenvalue weighted by Gasteiger charge is -2.10.